The number of carbonyl (C=O) groups is 2. The Kier molecular flexibility index (Phi) is 5.62. The zero-order valence-electron chi connectivity index (χ0n) is 13.4. The van der Waals surface area contributed by atoms with Gasteiger partial charge in [-0.05, 0) is 24.3 Å². The fourth-order valence-corrected chi connectivity index (χ4v) is 3.62. The number of hydrogen-bond acceptors (Lipinski definition) is 7. The molecule has 0 fully saturated rings. The quantitative estimate of drug-likeness (QED) is 0.505. The summed E-state index contributed by atoms with van der Waals surface area (Å²) in [6.45, 7) is 1.90. The van der Waals surface area contributed by atoms with E-state index in [1.165, 1.54) is 30.0 Å². The summed E-state index contributed by atoms with van der Waals surface area (Å²) in [5.74, 6) is 0.548. The lowest BCUT2D eigenvalue weighted by Crippen LogP contribution is -2.18. The van der Waals surface area contributed by atoms with Crippen LogP contribution in [0.15, 0.2) is 52.1 Å². The van der Waals surface area contributed by atoms with Crippen molar-refractivity contribution in [3.63, 3.8) is 0 Å². The molecule has 0 spiro atoms. The number of nitrogens with zero attached hydrogens (tertiary/aromatic N) is 2. The van der Waals surface area contributed by atoms with Crippen LogP contribution in [0.5, 0.6) is 0 Å². The van der Waals surface area contributed by atoms with Crippen molar-refractivity contribution in [2.24, 2.45) is 0 Å². The number of ketones is 1. The van der Waals surface area contributed by atoms with Crippen LogP contribution in [0, 0.1) is 0 Å². The van der Waals surface area contributed by atoms with Crippen molar-refractivity contribution in [2.45, 2.75) is 18.7 Å². The van der Waals surface area contributed by atoms with Gasteiger partial charge < -0.3 is 9.73 Å². The molecule has 2 heterocycles. The number of Topliss-reactive ketones (excluding diaryl/α,β-unsaturated/α-hetero) is 1. The molecule has 8 heteroatoms. The van der Waals surface area contributed by atoms with E-state index in [1.807, 2.05) is 36.4 Å². The van der Waals surface area contributed by atoms with Gasteiger partial charge in [0.15, 0.2) is 5.78 Å². The highest BCUT2D eigenvalue weighted by Crippen LogP contribution is 2.25. The standard InChI is InChI=1S/C17H15N3O3S2/c1-11(21)18-9-13-7-8-15(25-13)14(22)10-24-17-20-19-16(23-17)12-5-3-2-4-6-12/h2-8H,9-10H2,1H3,(H,18,21). The van der Waals surface area contributed by atoms with Crippen LogP contribution in [-0.4, -0.2) is 27.6 Å². The van der Waals surface area contributed by atoms with E-state index in [4.69, 9.17) is 4.42 Å². The molecule has 0 radical (unpaired) electrons. The summed E-state index contributed by atoms with van der Waals surface area (Å²) in [6, 6.07) is 13.1. The number of thiophene rings is 1. The minimum absolute atomic E-state index is 0.0106. The van der Waals surface area contributed by atoms with Crippen LogP contribution in [0.25, 0.3) is 11.5 Å². The molecular formula is C17H15N3O3S2. The summed E-state index contributed by atoms with van der Waals surface area (Å²) in [7, 11) is 0. The average Bonchev–Trinajstić information content (AvgIpc) is 3.28. The molecule has 3 rings (SSSR count). The molecule has 3 aromatic rings. The molecule has 128 valence electrons. The Morgan fingerprint density at radius 2 is 1.96 bits per heavy atom. The second-order valence-corrected chi connectivity index (χ2v) is 7.22. The molecule has 0 atom stereocenters. The summed E-state index contributed by atoms with van der Waals surface area (Å²) >= 11 is 2.59. The molecular weight excluding hydrogens is 358 g/mol. The number of thioether (sulfide) groups is 1. The Balaban J connectivity index is 1.56. The van der Waals surface area contributed by atoms with Crippen LogP contribution < -0.4 is 5.32 Å². The van der Waals surface area contributed by atoms with Gasteiger partial charge in [-0.1, -0.05) is 30.0 Å². The molecule has 1 N–H and O–H groups in total. The first kappa shape index (κ1) is 17.4. The highest BCUT2D eigenvalue weighted by atomic mass is 32.2. The van der Waals surface area contributed by atoms with E-state index in [-0.39, 0.29) is 17.4 Å². The van der Waals surface area contributed by atoms with Gasteiger partial charge in [0.1, 0.15) is 0 Å². The van der Waals surface area contributed by atoms with Gasteiger partial charge in [0.25, 0.3) is 5.22 Å². The van der Waals surface area contributed by atoms with Crippen LogP contribution >= 0.6 is 23.1 Å². The fraction of sp³-hybridized carbons (Fsp3) is 0.176. The number of aromatic nitrogens is 2. The molecule has 0 aliphatic heterocycles. The number of amides is 1. The lowest BCUT2D eigenvalue weighted by atomic mass is 10.2. The third-order valence-electron chi connectivity index (χ3n) is 3.20. The van der Waals surface area contributed by atoms with Gasteiger partial charge >= 0.3 is 0 Å². The minimum atomic E-state index is -0.0950. The number of nitrogens with one attached hydrogen (secondary N) is 1. The van der Waals surface area contributed by atoms with Gasteiger partial charge in [0.05, 0.1) is 17.2 Å². The molecule has 6 nitrogen and oxygen atoms in total. The Labute approximate surface area is 152 Å². The van der Waals surface area contributed by atoms with Crippen molar-refractivity contribution in [1.29, 1.82) is 0 Å². The van der Waals surface area contributed by atoms with E-state index in [1.54, 1.807) is 6.07 Å². The van der Waals surface area contributed by atoms with Gasteiger partial charge in [0.2, 0.25) is 11.8 Å². The summed E-state index contributed by atoms with van der Waals surface area (Å²) in [6.07, 6.45) is 0. The molecule has 1 aromatic carbocycles. The third kappa shape index (κ3) is 4.77. The lowest BCUT2D eigenvalue weighted by Gasteiger charge is -1.97. The number of hydrogen-bond donors (Lipinski definition) is 1. The van der Waals surface area contributed by atoms with Crippen LogP contribution in [0.4, 0.5) is 0 Å². The van der Waals surface area contributed by atoms with Crippen molar-refractivity contribution in [3.8, 4) is 11.5 Å². The van der Waals surface area contributed by atoms with Crippen molar-refractivity contribution >= 4 is 34.8 Å². The van der Waals surface area contributed by atoms with Crippen LogP contribution in [0.1, 0.15) is 21.5 Å². The third-order valence-corrected chi connectivity index (χ3v) is 5.15. The first-order valence-corrected chi connectivity index (χ1v) is 9.30. The number of carbonyl (C=O) groups excluding carboxylic acids is 2. The predicted molar refractivity (Wildman–Crippen MR) is 96.6 cm³/mol. The van der Waals surface area contributed by atoms with Crippen molar-refractivity contribution in [1.82, 2.24) is 15.5 Å². The molecule has 2 aromatic heterocycles. The first-order valence-electron chi connectivity index (χ1n) is 7.50. The monoisotopic (exact) mass is 373 g/mol. The van der Waals surface area contributed by atoms with E-state index in [0.29, 0.717) is 22.5 Å². The average molecular weight is 373 g/mol. The molecule has 0 unspecified atom stereocenters. The Bertz CT molecular complexity index is 874. The summed E-state index contributed by atoms with van der Waals surface area (Å²) in [5, 5.41) is 11.0. The Hall–Kier alpha value is -2.45. The van der Waals surface area contributed by atoms with Crippen molar-refractivity contribution < 1.29 is 14.0 Å². The molecule has 1 amide bonds. The number of rotatable bonds is 7. The molecule has 25 heavy (non-hydrogen) atoms. The maximum Gasteiger partial charge on any atom is 0.277 e. The van der Waals surface area contributed by atoms with Crippen LogP contribution in [0.2, 0.25) is 0 Å². The summed E-state index contributed by atoms with van der Waals surface area (Å²) < 4.78 is 5.57. The highest BCUT2D eigenvalue weighted by molar-refractivity contribution is 7.99. The summed E-state index contributed by atoms with van der Waals surface area (Å²) in [5.41, 5.74) is 0.842. The zero-order valence-corrected chi connectivity index (χ0v) is 15.0. The van der Waals surface area contributed by atoms with Crippen LogP contribution in [0.3, 0.4) is 0 Å². The van der Waals surface area contributed by atoms with Gasteiger partial charge in [-0.25, -0.2) is 0 Å². The molecule has 0 bridgehead atoms. The topological polar surface area (TPSA) is 85.1 Å². The Morgan fingerprint density at radius 3 is 2.72 bits per heavy atom. The van der Waals surface area contributed by atoms with Gasteiger partial charge in [-0.2, -0.15) is 0 Å². The molecule has 0 saturated carbocycles. The van der Waals surface area contributed by atoms with Crippen LogP contribution in [-0.2, 0) is 11.3 Å². The van der Waals surface area contributed by atoms with Crippen molar-refractivity contribution in [2.75, 3.05) is 5.75 Å². The van der Waals surface area contributed by atoms with E-state index in [0.717, 1.165) is 10.4 Å². The maximum absolute atomic E-state index is 12.3. The normalized spacial score (nSPS) is 10.6. The van der Waals surface area contributed by atoms with Crippen molar-refractivity contribution in [3.05, 3.63) is 52.2 Å². The maximum atomic E-state index is 12.3. The largest absolute Gasteiger partial charge is 0.411 e. The van der Waals surface area contributed by atoms with Gasteiger partial charge in [0, 0.05) is 17.4 Å². The van der Waals surface area contributed by atoms with E-state index >= 15 is 0 Å². The number of benzene rings is 1. The SMILES string of the molecule is CC(=O)NCc1ccc(C(=O)CSc2nnc(-c3ccccc3)o2)s1. The first-order chi connectivity index (χ1) is 12.1. The predicted octanol–water partition coefficient (Wildman–Crippen LogP) is 3.41. The molecule has 0 aliphatic carbocycles. The van der Waals surface area contributed by atoms with Gasteiger partial charge in [-0.3, -0.25) is 9.59 Å². The fourth-order valence-electron chi connectivity index (χ4n) is 2.00. The molecule has 0 aliphatic rings. The van der Waals surface area contributed by atoms with E-state index in [9.17, 15) is 9.59 Å². The van der Waals surface area contributed by atoms with E-state index < -0.39 is 0 Å². The van der Waals surface area contributed by atoms with Gasteiger partial charge in [-0.15, -0.1) is 21.5 Å². The minimum Gasteiger partial charge on any atom is -0.411 e. The smallest absolute Gasteiger partial charge is 0.277 e. The lowest BCUT2D eigenvalue weighted by molar-refractivity contribution is -0.119. The second kappa shape index (κ2) is 8.09. The second-order valence-electron chi connectivity index (χ2n) is 5.13. The summed E-state index contributed by atoms with van der Waals surface area (Å²) in [4.78, 5) is 24.8. The molecule has 0 saturated heterocycles. The Morgan fingerprint density at radius 1 is 1.16 bits per heavy atom. The highest BCUT2D eigenvalue weighted by Gasteiger charge is 2.14. The van der Waals surface area contributed by atoms with E-state index in [2.05, 4.69) is 15.5 Å². The zero-order chi connectivity index (χ0) is 17.6.